The highest BCUT2D eigenvalue weighted by Crippen LogP contribution is 2.26. The van der Waals surface area contributed by atoms with Gasteiger partial charge in [-0.25, -0.2) is 4.79 Å². The van der Waals surface area contributed by atoms with Crippen LogP contribution < -0.4 is 10.1 Å². The minimum absolute atomic E-state index is 0.0523. The van der Waals surface area contributed by atoms with Gasteiger partial charge in [-0.1, -0.05) is 37.0 Å². The first-order chi connectivity index (χ1) is 9.81. The third kappa shape index (κ3) is 5.81. The summed E-state index contributed by atoms with van der Waals surface area (Å²) in [7, 11) is 0. The van der Waals surface area contributed by atoms with Crippen LogP contribution in [0.4, 0.5) is 0 Å². The van der Waals surface area contributed by atoms with Crippen molar-refractivity contribution in [3.8, 4) is 5.75 Å². The molecule has 7 heteroatoms. The van der Waals surface area contributed by atoms with E-state index in [0.717, 1.165) is 0 Å². The Bertz CT molecular complexity index is 520. The summed E-state index contributed by atoms with van der Waals surface area (Å²) < 4.78 is 5.36. The lowest BCUT2D eigenvalue weighted by Gasteiger charge is -2.17. The van der Waals surface area contributed by atoms with Crippen molar-refractivity contribution in [1.29, 1.82) is 0 Å². The first-order valence-electron chi connectivity index (χ1n) is 6.41. The topological polar surface area (TPSA) is 75.6 Å². The Labute approximate surface area is 133 Å². The number of carbonyl (C=O) groups excluding carboxylic acids is 1. The van der Waals surface area contributed by atoms with Gasteiger partial charge in [0.05, 0.1) is 23.1 Å². The van der Waals surface area contributed by atoms with Gasteiger partial charge in [0, 0.05) is 6.07 Å². The molecule has 0 fully saturated rings. The zero-order valence-corrected chi connectivity index (χ0v) is 13.2. The van der Waals surface area contributed by atoms with Crippen LogP contribution in [0, 0.1) is 5.92 Å². The Hall–Kier alpha value is -1.46. The van der Waals surface area contributed by atoms with E-state index in [9.17, 15) is 9.59 Å². The zero-order chi connectivity index (χ0) is 16.0. The first kappa shape index (κ1) is 17.6. The summed E-state index contributed by atoms with van der Waals surface area (Å²) in [6.45, 7) is 3.57. The quantitative estimate of drug-likeness (QED) is 0.804. The molecule has 0 radical (unpaired) electrons. The molecule has 1 amide bonds. The van der Waals surface area contributed by atoms with Crippen LogP contribution in [0.2, 0.25) is 10.0 Å². The van der Waals surface area contributed by atoms with Crippen molar-refractivity contribution in [2.24, 2.45) is 5.92 Å². The summed E-state index contributed by atoms with van der Waals surface area (Å²) >= 11 is 11.6. The molecule has 0 saturated heterocycles. The van der Waals surface area contributed by atoms with Gasteiger partial charge in [-0.05, 0) is 18.1 Å². The zero-order valence-electron chi connectivity index (χ0n) is 11.7. The van der Waals surface area contributed by atoms with E-state index in [2.05, 4.69) is 5.32 Å². The lowest BCUT2D eigenvalue weighted by molar-refractivity contribution is -0.143. The average molecular weight is 334 g/mol. The van der Waals surface area contributed by atoms with Gasteiger partial charge in [0.25, 0.3) is 0 Å². The highest BCUT2D eigenvalue weighted by molar-refractivity contribution is 6.42. The van der Waals surface area contributed by atoms with E-state index in [0.29, 0.717) is 15.8 Å². The fourth-order valence-electron chi connectivity index (χ4n) is 1.59. The van der Waals surface area contributed by atoms with Gasteiger partial charge in [0.2, 0.25) is 5.91 Å². The van der Waals surface area contributed by atoms with Gasteiger partial charge < -0.3 is 15.2 Å². The first-order valence-corrected chi connectivity index (χ1v) is 7.17. The fourth-order valence-corrected chi connectivity index (χ4v) is 1.88. The predicted octanol–water partition coefficient (Wildman–Crippen LogP) is 2.99. The molecule has 1 atom stereocenters. The molecule has 0 spiro atoms. The van der Waals surface area contributed by atoms with E-state index >= 15 is 0 Å². The predicted molar refractivity (Wildman–Crippen MR) is 81.0 cm³/mol. The molecule has 0 aliphatic carbocycles. The average Bonchev–Trinajstić information content (AvgIpc) is 2.39. The van der Waals surface area contributed by atoms with Gasteiger partial charge in [0.1, 0.15) is 11.8 Å². The molecule has 0 unspecified atom stereocenters. The molecular weight excluding hydrogens is 317 g/mol. The molecule has 0 aliphatic heterocycles. The van der Waals surface area contributed by atoms with Crippen molar-refractivity contribution in [3.05, 3.63) is 28.2 Å². The number of nitrogens with one attached hydrogen (secondary N) is 1. The van der Waals surface area contributed by atoms with Gasteiger partial charge >= 0.3 is 5.97 Å². The second kappa shape index (κ2) is 8.10. The molecular formula is C14H17Cl2NO4. The number of hydrogen-bond acceptors (Lipinski definition) is 3. The fraction of sp³-hybridized carbons (Fsp3) is 0.429. The number of carbonyl (C=O) groups is 2. The largest absolute Gasteiger partial charge is 0.493 e. The Morgan fingerprint density at radius 1 is 1.29 bits per heavy atom. The number of carboxylic acids is 1. The molecule has 0 aliphatic rings. The maximum atomic E-state index is 11.7. The van der Waals surface area contributed by atoms with E-state index in [1.54, 1.807) is 32.0 Å². The number of benzene rings is 1. The Kier molecular flexibility index (Phi) is 6.78. The third-order valence-electron chi connectivity index (χ3n) is 2.74. The van der Waals surface area contributed by atoms with Crippen molar-refractivity contribution >= 4 is 35.1 Å². The summed E-state index contributed by atoms with van der Waals surface area (Å²) in [4.78, 5) is 22.6. The molecule has 1 aromatic carbocycles. The molecule has 2 N–H and O–H groups in total. The highest BCUT2D eigenvalue weighted by atomic mass is 35.5. The molecule has 1 rings (SSSR count). The number of carboxylic acid groups (broad SMARTS) is 1. The van der Waals surface area contributed by atoms with E-state index in [-0.39, 0.29) is 24.9 Å². The lowest BCUT2D eigenvalue weighted by atomic mass is 10.0. The Morgan fingerprint density at radius 2 is 1.95 bits per heavy atom. The summed E-state index contributed by atoms with van der Waals surface area (Å²) in [6, 6.07) is 3.89. The van der Waals surface area contributed by atoms with Crippen molar-refractivity contribution in [3.63, 3.8) is 0 Å². The van der Waals surface area contributed by atoms with Crippen LogP contribution in [-0.4, -0.2) is 29.6 Å². The summed E-state index contributed by atoms with van der Waals surface area (Å²) in [5.41, 5.74) is 0. The minimum atomic E-state index is -1.05. The second-order valence-corrected chi connectivity index (χ2v) is 5.62. The molecule has 21 heavy (non-hydrogen) atoms. The number of rotatable bonds is 7. The van der Waals surface area contributed by atoms with Gasteiger partial charge in [-0.2, -0.15) is 0 Å². The maximum Gasteiger partial charge on any atom is 0.326 e. The van der Waals surface area contributed by atoms with Crippen molar-refractivity contribution < 1.29 is 19.4 Å². The standard InChI is InChI=1S/C14H17Cl2NO4/c1-8(2)13(14(19)20)17-12(18)5-6-21-9-3-4-10(15)11(16)7-9/h3-4,7-8,13H,5-6H2,1-2H3,(H,17,18)(H,19,20)/t13-/m1/s1. The molecule has 116 valence electrons. The summed E-state index contributed by atoms with van der Waals surface area (Å²) in [5, 5.41) is 12.2. The molecule has 0 heterocycles. The summed E-state index contributed by atoms with van der Waals surface area (Å²) in [6.07, 6.45) is 0.0523. The number of amides is 1. The van der Waals surface area contributed by atoms with Crippen molar-refractivity contribution in [1.82, 2.24) is 5.32 Å². The monoisotopic (exact) mass is 333 g/mol. The molecule has 0 saturated carbocycles. The van der Waals surface area contributed by atoms with E-state index in [1.165, 1.54) is 0 Å². The summed E-state index contributed by atoms with van der Waals surface area (Å²) in [5.74, 6) is -1.13. The van der Waals surface area contributed by atoms with E-state index < -0.39 is 12.0 Å². The highest BCUT2D eigenvalue weighted by Gasteiger charge is 2.23. The maximum absolute atomic E-state index is 11.7. The van der Waals surface area contributed by atoms with Crippen molar-refractivity contribution in [2.75, 3.05) is 6.61 Å². The smallest absolute Gasteiger partial charge is 0.326 e. The lowest BCUT2D eigenvalue weighted by Crippen LogP contribution is -2.44. The third-order valence-corrected chi connectivity index (χ3v) is 3.48. The van der Waals surface area contributed by atoms with Crippen LogP contribution in [0.1, 0.15) is 20.3 Å². The molecule has 0 aromatic heterocycles. The van der Waals surface area contributed by atoms with Crippen LogP contribution in [-0.2, 0) is 9.59 Å². The Balaban J connectivity index is 2.42. The molecule has 5 nitrogen and oxygen atoms in total. The molecule has 1 aromatic rings. The van der Waals surface area contributed by atoms with Crippen LogP contribution in [0.25, 0.3) is 0 Å². The SMILES string of the molecule is CC(C)[C@@H](NC(=O)CCOc1ccc(Cl)c(Cl)c1)C(=O)O. The number of ether oxygens (including phenoxy) is 1. The molecule has 0 bridgehead atoms. The van der Waals surface area contributed by atoms with Gasteiger partial charge in [0.15, 0.2) is 0 Å². The van der Waals surface area contributed by atoms with E-state index in [1.807, 2.05) is 0 Å². The normalized spacial score (nSPS) is 12.0. The second-order valence-electron chi connectivity index (χ2n) is 4.80. The number of halogens is 2. The number of hydrogen-bond donors (Lipinski definition) is 2. The van der Waals surface area contributed by atoms with Crippen LogP contribution >= 0.6 is 23.2 Å². The van der Waals surface area contributed by atoms with Crippen LogP contribution in [0.5, 0.6) is 5.75 Å². The van der Waals surface area contributed by atoms with Crippen molar-refractivity contribution in [2.45, 2.75) is 26.3 Å². The van der Waals surface area contributed by atoms with Gasteiger partial charge in [-0.3, -0.25) is 4.79 Å². The Morgan fingerprint density at radius 3 is 2.48 bits per heavy atom. The van der Waals surface area contributed by atoms with Crippen LogP contribution in [0.3, 0.4) is 0 Å². The van der Waals surface area contributed by atoms with Crippen LogP contribution in [0.15, 0.2) is 18.2 Å². The van der Waals surface area contributed by atoms with Gasteiger partial charge in [-0.15, -0.1) is 0 Å². The minimum Gasteiger partial charge on any atom is -0.493 e. The van der Waals surface area contributed by atoms with E-state index in [4.69, 9.17) is 33.0 Å². The number of aliphatic carboxylic acids is 1.